The van der Waals surface area contributed by atoms with Gasteiger partial charge in [-0.25, -0.2) is 9.97 Å². The smallest absolute Gasteiger partial charge is 0.310 e. The van der Waals surface area contributed by atoms with Gasteiger partial charge < -0.3 is 20.1 Å². The topological polar surface area (TPSA) is 124 Å². The molecule has 2 aromatic carbocycles. The van der Waals surface area contributed by atoms with E-state index in [2.05, 4.69) is 36.9 Å². The summed E-state index contributed by atoms with van der Waals surface area (Å²) in [5.41, 5.74) is 11.7. The summed E-state index contributed by atoms with van der Waals surface area (Å²) in [4.78, 5) is 44.2. The van der Waals surface area contributed by atoms with Crippen LogP contribution in [0.25, 0.3) is 11.3 Å². The molecule has 0 radical (unpaired) electrons. The van der Waals surface area contributed by atoms with E-state index in [1.165, 1.54) is 5.56 Å². The number of nitrogens with two attached hydrogens (primary N) is 1. The maximum absolute atomic E-state index is 13.5. The minimum absolute atomic E-state index is 0.00315. The number of ether oxygens (including phenoxy) is 2. The molecule has 4 aromatic rings. The van der Waals surface area contributed by atoms with Crippen LogP contribution in [0.3, 0.4) is 0 Å². The molecule has 2 atom stereocenters. The van der Waals surface area contributed by atoms with Crippen molar-refractivity contribution in [2.45, 2.75) is 25.8 Å². The molecule has 0 unspecified atom stereocenters. The van der Waals surface area contributed by atoms with Crippen LogP contribution in [0.5, 0.6) is 0 Å². The number of benzene rings is 2. The van der Waals surface area contributed by atoms with Crippen molar-refractivity contribution >= 4 is 23.3 Å². The molecule has 0 aliphatic carbocycles. The summed E-state index contributed by atoms with van der Waals surface area (Å²) < 4.78 is 10.9. The van der Waals surface area contributed by atoms with Crippen molar-refractivity contribution in [2.24, 2.45) is 5.92 Å². The fourth-order valence-corrected chi connectivity index (χ4v) is 6.25. The maximum atomic E-state index is 13.5. The lowest BCUT2D eigenvalue weighted by Gasteiger charge is -2.30. The fraction of sp³-hybridized carbons (Fsp3) is 0.343. The van der Waals surface area contributed by atoms with E-state index >= 15 is 0 Å². The summed E-state index contributed by atoms with van der Waals surface area (Å²) in [6.07, 6.45) is 5.15. The molecular formula is C35H38N6O4. The number of hydrogen-bond donors (Lipinski definition) is 1. The Hall–Kier alpha value is -4.67. The van der Waals surface area contributed by atoms with E-state index in [9.17, 15) is 9.59 Å². The standard InChI is InChI=1S/C35H38N6O4/c1-2-45-35(43)29-23-40(21-24-6-4-3-5-7-24)22-28(29)25-8-10-26(11-9-25)30-20-38-34(36)33(39-30)32(42)18-27-19-37-13-12-31(27)41-14-16-44-17-15-41/h3-13,19-20,28-29H,2,14-18,21-23H2,1H3,(H2,36,38)/t28-,29+/m0/s1. The second-order valence-electron chi connectivity index (χ2n) is 11.5. The van der Waals surface area contributed by atoms with Gasteiger partial charge in [0.1, 0.15) is 5.69 Å². The Morgan fingerprint density at radius 3 is 2.53 bits per heavy atom. The van der Waals surface area contributed by atoms with E-state index in [0.29, 0.717) is 32.1 Å². The molecule has 45 heavy (non-hydrogen) atoms. The molecule has 4 heterocycles. The number of anilines is 2. The van der Waals surface area contributed by atoms with Crippen LogP contribution >= 0.6 is 0 Å². The zero-order valence-electron chi connectivity index (χ0n) is 25.5. The second-order valence-corrected chi connectivity index (χ2v) is 11.5. The summed E-state index contributed by atoms with van der Waals surface area (Å²) >= 11 is 0. The Morgan fingerprint density at radius 1 is 1.00 bits per heavy atom. The average Bonchev–Trinajstić information content (AvgIpc) is 3.50. The van der Waals surface area contributed by atoms with Crippen LogP contribution in [0, 0.1) is 5.92 Å². The molecule has 2 aliphatic rings. The van der Waals surface area contributed by atoms with Gasteiger partial charge in [0.15, 0.2) is 11.6 Å². The summed E-state index contributed by atoms with van der Waals surface area (Å²) in [5.74, 6) is -0.548. The highest BCUT2D eigenvalue weighted by atomic mass is 16.5. The van der Waals surface area contributed by atoms with Gasteiger partial charge in [-0.3, -0.25) is 19.5 Å². The van der Waals surface area contributed by atoms with Gasteiger partial charge in [-0.05, 0) is 24.1 Å². The first kappa shape index (κ1) is 30.4. The highest BCUT2D eigenvalue weighted by Crippen LogP contribution is 2.35. The van der Waals surface area contributed by atoms with E-state index < -0.39 is 0 Å². The molecule has 0 amide bonds. The number of nitrogens with zero attached hydrogens (tertiary/aromatic N) is 5. The van der Waals surface area contributed by atoms with Crippen LogP contribution in [0.1, 0.15) is 40.0 Å². The van der Waals surface area contributed by atoms with Gasteiger partial charge in [0.2, 0.25) is 0 Å². The van der Waals surface area contributed by atoms with Gasteiger partial charge in [0.25, 0.3) is 0 Å². The highest BCUT2D eigenvalue weighted by Gasteiger charge is 2.39. The maximum Gasteiger partial charge on any atom is 0.310 e. The molecule has 232 valence electrons. The van der Waals surface area contributed by atoms with E-state index in [4.69, 9.17) is 15.2 Å². The quantitative estimate of drug-likeness (QED) is 0.208. The van der Waals surface area contributed by atoms with E-state index in [1.807, 2.05) is 55.5 Å². The number of ketones is 1. The lowest BCUT2D eigenvalue weighted by Crippen LogP contribution is -2.37. The Balaban J connectivity index is 1.20. The van der Waals surface area contributed by atoms with Crippen molar-refractivity contribution in [3.05, 3.63) is 102 Å². The van der Waals surface area contributed by atoms with Crippen molar-refractivity contribution in [3.8, 4) is 11.3 Å². The molecule has 0 spiro atoms. The fourth-order valence-electron chi connectivity index (χ4n) is 6.25. The van der Waals surface area contributed by atoms with Crippen molar-refractivity contribution in [1.29, 1.82) is 0 Å². The predicted molar refractivity (Wildman–Crippen MR) is 172 cm³/mol. The first-order chi connectivity index (χ1) is 22.0. The van der Waals surface area contributed by atoms with Gasteiger partial charge in [-0.15, -0.1) is 0 Å². The Morgan fingerprint density at radius 2 is 1.78 bits per heavy atom. The zero-order chi connectivity index (χ0) is 31.2. The van der Waals surface area contributed by atoms with Crippen molar-refractivity contribution < 1.29 is 19.1 Å². The Kier molecular flexibility index (Phi) is 9.42. The number of carbonyl (C=O) groups is 2. The van der Waals surface area contributed by atoms with Gasteiger partial charge in [0, 0.05) is 74.3 Å². The van der Waals surface area contributed by atoms with Crippen molar-refractivity contribution in [1.82, 2.24) is 19.9 Å². The summed E-state index contributed by atoms with van der Waals surface area (Å²) in [6.45, 7) is 7.15. The van der Waals surface area contributed by atoms with Gasteiger partial charge >= 0.3 is 5.97 Å². The molecule has 2 N–H and O–H groups in total. The van der Waals surface area contributed by atoms with E-state index in [-0.39, 0.29) is 41.5 Å². The molecule has 0 bridgehead atoms. The highest BCUT2D eigenvalue weighted by molar-refractivity contribution is 6.00. The number of carbonyl (C=O) groups excluding carboxylic acids is 2. The molecular weight excluding hydrogens is 568 g/mol. The Labute approximate surface area is 263 Å². The SMILES string of the molecule is CCOC(=O)[C@@H]1CN(Cc2ccccc2)C[C@H]1c1ccc(-c2cnc(N)c(C(=O)Cc3cnccc3N3CCOCC3)n2)cc1. The van der Waals surface area contributed by atoms with Crippen LogP contribution < -0.4 is 10.6 Å². The van der Waals surface area contributed by atoms with Crippen LogP contribution in [-0.2, 0) is 27.2 Å². The number of morpholine rings is 1. The minimum atomic E-state index is -0.255. The number of Topliss-reactive ketones (excluding diaryl/α,β-unsaturated/α-hetero) is 1. The molecule has 0 saturated carbocycles. The molecule has 2 aliphatic heterocycles. The first-order valence-corrected chi connectivity index (χ1v) is 15.4. The minimum Gasteiger partial charge on any atom is -0.466 e. The normalized spacial score (nSPS) is 18.6. The third-order valence-electron chi connectivity index (χ3n) is 8.51. The van der Waals surface area contributed by atoms with E-state index in [0.717, 1.165) is 48.6 Å². The number of likely N-dealkylation sites (tertiary alicyclic amines) is 1. The van der Waals surface area contributed by atoms with Gasteiger partial charge in [-0.2, -0.15) is 0 Å². The summed E-state index contributed by atoms with van der Waals surface area (Å²) in [5, 5.41) is 0. The lowest BCUT2D eigenvalue weighted by molar-refractivity contribution is -0.148. The molecule has 2 aromatic heterocycles. The number of hydrogen-bond acceptors (Lipinski definition) is 10. The number of aromatic nitrogens is 3. The van der Waals surface area contributed by atoms with Gasteiger partial charge in [0.05, 0.1) is 37.6 Å². The molecule has 10 nitrogen and oxygen atoms in total. The van der Waals surface area contributed by atoms with Crippen LogP contribution in [0.4, 0.5) is 11.5 Å². The monoisotopic (exact) mass is 606 g/mol. The number of rotatable bonds is 10. The molecule has 6 rings (SSSR count). The number of pyridine rings is 1. The number of esters is 1. The Bertz CT molecular complexity index is 1630. The third kappa shape index (κ3) is 7.02. The number of nitrogen functional groups attached to an aromatic ring is 1. The molecule has 2 saturated heterocycles. The molecule has 2 fully saturated rings. The molecule has 10 heteroatoms. The first-order valence-electron chi connectivity index (χ1n) is 15.4. The summed E-state index contributed by atoms with van der Waals surface area (Å²) in [6, 6.07) is 20.2. The second kappa shape index (κ2) is 14.0. The van der Waals surface area contributed by atoms with Crippen molar-refractivity contribution in [3.63, 3.8) is 0 Å². The van der Waals surface area contributed by atoms with E-state index in [1.54, 1.807) is 18.6 Å². The predicted octanol–water partition coefficient (Wildman–Crippen LogP) is 4.16. The van der Waals surface area contributed by atoms with Crippen molar-refractivity contribution in [2.75, 3.05) is 56.6 Å². The largest absolute Gasteiger partial charge is 0.466 e. The average molecular weight is 607 g/mol. The zero-order valence-corrected chi connectivity index (χ0v) is 25.5. The van der Waals surface area contributed by atoms with Crippen LogP contribution in [0.2, 0.25) is 0 Å². The van der Waals surface area contributed by atoms with Gasteiger partial charge in [-0.1, -0.05) is 54.6 Å². The van der Waals surface area contributed by atoms with Crippen LogP contribution in [-0.4, -0.2) is 77.6 Å². The summed E-state index contributed by atoms with van der Waals surface area (Å²) in [7, 11) is 0. The lowest BCUT2D eigenvalue weighted by atomic mass is 9.88. The van der Waals surface area contributed by atoms with Crippen LogP contribution in [0.15, 0.2) is 79.3 Å². The third-order valence-corrected chi connectivity index (χ3v) is 8.51.